The number of halogens is 3. The monoisotopic (exact) mass is 327 g/mol. The van der Waals surface area contributed by atoms with Crippen LogP contribution >= 0.6 is 22.6 Å². The van der Waals surface area contributed by atoms with Crippen LogP contribution in [0.4, 0.5) is 14.5 Å². The largest absolute Gasteiger partial charge is 0.381 e. The van der Waals surface area contributed by atoms with Crippen LogP contribution in [0.25, 0.3) is 0 Å². The Morgan fingerprint density at radius 2 is 1.73 bits per heavy atom. The van der Waals surface area contributed by atoms with Gasteiger partial charge in [-0.2, -0.15) is 8.78 Å². The normalized spacial score (nSPS) is 13.7. The van der Waals surface area contributed by atoms with Gasteiger partial charge >= 0.3 is 3.93 Å². The average Bonchev–Trinajstić information content (AvgIpc) is 2.15. The highest BCUT2D eigenvalue weighted by molar-refractivity contribution is 14.1. The predicted molar refractivity (Wildman–Crippen MR) is 64.7 cm³/mol. The zero-order valence-corrected chi connectivity index (χ0v) is 10.6. The lowest BCUT2D eigenvalue weighted by atomic mass is 10.1. The van der Waals surface area contributed by atoms with Crippen molar-refractivity contribution < 1.29 is 13.9 Å². The Bertz CT molecular complexity index is 321. The molecule has 1 N–H and O–H groups in total. The molecule has 0 heterocycles. The van der Waals surface area contributed by atoms with E-state index in [1.54, 1.807) is 12.1 Å². The molecule has 0 aliphatic heterocycles. The van der Waals surface area contributed by atoms with E-state index >= 15 is 0 Å². The van der Waals surface area contributed by atoms with Gasteiger partial charge in [-0.3, -0.25) is 0 Å². The maximum atomic E-state index is 12.8. The van der Waals surface area contributed by atoms with E-state index in [-0.39, 0.29) is 5.56 Å². The number of hydrogen-bond acceptors (Lipinski definition) is 2. The summed E-state index contributed by atoms with van der Waals surface area (Å²) in [6.07, 6.45) is -1.76. The van der Waals surface area contributed by atoms with Crippen LogP contribution in [0.2, 0.25) is 0 Å². The third kappa shape index (κ3) is 3.27. The van der Waals surface area contributed by atoms with Crippen molar-refractivity contribution in [1.29, 1.82) is 0 Å². The SMILES string of the molecule is CN(C)c1ccc(C(O)C(F)(F)I)cc1. The Kier molecular flexibility index (Phi) is 3.88. The lowest BCUT2D eigenvalue weighted by Crippen LogP contribution is -2.18. The molecule has 1 aromatic rings. The number of hydrogen-bond donors (Lipinski definition) is 1. The molecule has 0 saturated carbocycles. The first kappa shape index (κ1) is 12.6. The Morgan fingerprint density at radius 3 is 2.07 bits per heavy atom. The Labute approximate surface area is 101 Å². The van der Waals surface area contributed by atoms with Gasteiger partial charge in [0.2, 0.25) is 0 Å². The summed E-state index contributed by atoms with van der Waals surface area (Å²) in [6.45, 7) is 0. The second kappa shape index (κ2) is 4.61. The quantitative estimate of drug-likeness (QED) is 0.682. The van der Waals surface area contributed by atoms with Crippen LogP contribution in [-0.4, -0.2) is 23.1 Å². The van der Waals surface area contributed by atoms with Crippen molar-refractivity contribution in [3.63, 3.8) is 0 Å². The molecule has 0 aliphatic rings. The van der Waals surface area contributed by atoms with Crippen LogP contribution in [0.3, 0.4) is 0 Å². The molecule has 0 aromatic heterocycles. The third-order valence-corrected chi connectivity index (χ3v) is 2.63. The first-order chi connectivity index (χ1) is 6.82. The van der Waals surface area contributed by atoms with Crippen molar-refractivity contribution in [2.24, 2.45) is 0 Å². The first-order valence-electron chi connectivity index (χ1n) is 4.34. The fourth-order valence-corrected chi connectivity index (χ4v) is 1.50. The van der Waals surface area contributed by atoms with E-state index in [2.05, 4.69) is 0 Å². The standard InChI is InChI=1S/C10H12F2INO/c1-14(2)8-5-3-7(4-6-8)9(15)10(11,12)13/h3-6,9,15H,1-2H3. The van der Waals surface area contributed by atoms with Gasteiger partial charge in [-0.25, -0.2) is 0 Å². The van der Waals surface area contributed by atoms with Gasteiger partial charge in [-0.1, -0.05) is 12.1 Å². The number of alkyl halides is 3. The lowest BCUT2D eigenvalue weighted by Gasteiger charge is -2.18. The molecule has 0 spiro atoms. The molecule has 1 aromatic carbocycles. The van der Waals surface area contributed by atoms with Crippen LogP contribution in [0.5, 0.6) is 0 Å². The summed E-state index contributed by atoms with van der Waals surface area (Å²) >= 11 is 0.934. The molecule has 0 fully saturated rings. The number of nitrogens with zero attached hydrogens (tertiary/aromatic N) is 1. The molecule has 84 valence electrons. The molecule has 1 unspecified atom stereocenters. The summed E-state index contributed by atoms with van der Waals surface area (Å²) in [7, 11) is 3.72. The molecule has 0 aliphatic carbocycles. The summed E-state index contributed by atoms with van der Waals surface area (Å²) in [4.78, 5) is 1.86. The van der Waals surface area contributed by atoms with Crippen molar-refractivity contribution in [1.82, 2.24) is 0 Å². The molecule has 0 radical (unpaired) electrons. The molecule has 1 rings (SSSR count). The minimum absolute atomic E-state index is 0.222. The second-order valence-electron chi connectivity index (χ2n) is 3.43. The Balaban J connectivity index is 2.89. The summed E-state index contributed by atoms with van der Waals surface area (Å²) in [5.41, 5.74) is 1.13. The highest BCUT2D eigenvalue weighted by atomic mass is 127. The van der Waals surface area contributed by atoms with E-state index in [4.69, 9.17) is 0 Å². The fraction of sp³-hybridized carbons (Fsp3) is 0.400. The highest BCUT2D eigenvalue weighted by Crippen LogP contribution is 2.37. The van der Waals surface area contributed by atoms with Gasteiger partial charge in [0.25, 0.3) is 0 Å². The molecule has 0 saturated heterocycles. The van der Waals surface area contributed by atoms with Crippen molar-refractivity contribution in [2.45, 2.75) is 10.0 Å². The van der Waals surface area contributed by atoms with E-state index in [1.807, 2.05) is 19.0 Å². The maximum Gasteiger partial charge on any atom is 0.325 e. The third-order valence-electron chi connectivity index (χ3n) is 2.04. The van der Waals surface area contributed by atoms with Gasteiger partial charge in [0, 0.05) is 42.4 Å². The summed E-state index contributed by atoms with van der Waals surface area (Å²) in [5, 5.41) is 9.32. The van der Waals surface area contributed by atoms with E-state index in [0.29, 0.717) is 0 Å². The van der Waals surface area contributed by atoms with Gasteiger partial charge < -0.3 is 10.0 Å². The van der Waals surface area contributed by atoms with Gasteiger partial charge in [-0.15, -0.1) is 0 Å². The van der Waals surface area contributed by atoms with Crippen molar-refractivity contribution in [3.05, 3.63) is 29.8 Å². The Hall–Kier alpha value is -0.430. The average molecular weight is 327 g/mol. The molecular formula is C10H12F2INO. The molecule has 0 bridgehead atoms. The number of benzene rings is 1. The minimum atomic E-state index is -3.14. The topological polar surface area (TPSA) is 23.5 Å². The first-order valence-corrected chi connectivity index (χ1v) is 5.42. The predicted octanol–water partition coefficient (Wildman–Crippen LogP) is 2.81. The van der Waals surface area contributed by atoms with E-state index < -0.39 is 10.0 Å². The molecule has 1 atom stereocenters. The van der Waals surface area contributed by atoms with E-state index in [9.17, 15) is 13.9 Å². The summed E-state index contributed by atoms with van der Waals surface area (Å²) < 4.78 is 22.4. The van der Waals surface area contributed by atoms with Crippen LogP contribution in [0.1, 0.15) is 11.7 Å². The van der Waals surface area contributed by atoms with Gasteiger partial charge in [-0.05, 0) is 17.7 Å². The summed E-state index contributed by atoms with van der Waals surface area (Å²) in [6, 6.07) is 6.40. The maximum absolute atomic E-state index is 12.8. The zero-order valence-electron chi connectivity index (χ0n) is 8.42. The Morgan fingerprint density at radius 1 is 1.27 bits per heavy atom. The van der Waals surface area contributed by atoms with Crippen molar-refractivity contribution in [3.8, 4) is 0 Å². The van der Waals surface area contributed by atoms with Gasteiger partial charge in [0.15, 0.2) is 6.10 Å². The number of rotatable bonds is 3. The molecule has 15 heavy (non-hydrogen) atoms. The molecular weight excluding hydrogens is 315 g/mol. The molecule has 0 amide bonds. The number of anilines is 1. The molecule has 2 nitrogen and oxygen atoms in total. The van der Waals surface area contributed by atoms with Crippen molar-refractivity contribution >= 4 is 28.3 Å². The van der Waals surface area contributed by atoms with E-state index in [0.717, 1.165) is 28.3 Å². The fourth-order valence-electron chi connectivity index (χ4n) is 1.14. The van der Waals surface area contributed by atoms with Crippen LogP contribution in [0.15, 0.2) is 24.3 Å². The second-order valence-corrected chi connectivity index (χ2v) is 4.87. The smallest absolute Gasteiger partial charge is 0.325 e. The minimum Gasteiger partial charge on any atom is -0.381 e. The number of aliphatic hydroxyl groups excluding tert-OH is 1. The highest BCUT2D eigenvalue weighted by Gasteiger charge is 2.35. The summed E-state index contributed by atoms with van der Waals surface area (Å²) in [5.74, 6) is 0. The van der Waals surface area contributed by atoms with Crippen LogP contribution in [-0.2, 0) is 0 Å². The number of aliphatic hydroxyl groups is 1. The zero-order chi connectivity index (χ0) is 11.6. The van der Waals surface area contributed by atoms with Crippen LogP contribution in [0, 0.1) is 0 Å². The van der Waals surface area contributed by atoms with Gasteiger partial charge in [0.05, 0.1) is 0 Å². The van der Waals surface area contributed by atoms with E-state index in [1.165, 1.54) is 12.1 Å². The van der Waals surface area contributed by atoms with Gasteiger partial charge in [0.1, 0.15) is 0 Å². The molecule has 5 heteroatoms. The van der Waals surface area contributed by atoms with Crippen LogP contribution < -0.4 is 4.90 Å². The lowest BCUT2D eigenvalue weighted by molar-refractivity contribution is -0.0206. The van der Waals surface area contributed by atoms with Crippen molar-refractivity contribution in [2.75, 3.05) is 19.0 Å².